The lowest BCUT2D eigenvalue weighted by atomic mass is 10.2. The molecule has 20 heavy (non-hydrogen) atoms. The molecule has 8 heteroatoms. The van der Waals surface area contributed by atoms with E-state index in [0.29, 0.717) is 16.7 Å². The second-order valence-electron chi connectivity index (χ2n) is 4.24. The van der Waals surface area contributed by atoms with Gasteiger partial charge in [0.15, 0.2) is 4.77 Å². The first kappa shape index (κ1) is 12.7. The number of nitrogens with zero attached hydrogens (tertiary/aromatic N) is 2. The number of aromatic amines is 2. The van der Waals surface area contributed by atoms with Crippen molar-refractivity contribution < 1.29 is 8.78 Å². The van der Waals surface area contributed by atoms with E-state index >= 15 is 0 Å². The Kier molecular flexibility index (Phi) is 2.75. The van der Waals surface area contributed by atoms with Gasteiger partial charge in [-0.25, -0.2) is 8.78 Å². The number of rotatable bonds is 1. The van der Waals surface area contributed by atoms with Crippen LogP contribution >= 0.6 is 12.2 Å². The number of H-pyrrole nitrogens is 2. The lowest BCUT2D eigenvalue weighted by molar-refractivity contribution is 0.563. The summed E-state index contributed by atoms with van der Waals surface area (Å²) in [6.45, 7) is 1.69. The van der Waals surface area contributed by atoms with E-state index in [2.05, 4.69) is 15.2 Å². The van der Waals surface area contributed by atoms with Gasteiger partial charge >= 0.3 is 0 Å². The zero-order valence-electron chi connectivity index (χ0n) is 10.3. The van der Waals surface area contributed by atoms with E-state index in [0.717, 1.165) is 16.7 Å². The number of aromatic nitrogens is 4. The number of fused-ring (bicyclic) bond motifs is 1. The van der Waals surface area contributed by atoms with Crippen LogP contribution in [0.15, 0.2) is 18.2 Å². The molecule has 3 aromatic rings. The maximum Gasteiger partial charge on any atom is 0.185 e. The molecule has 0 amide bonds. The first-order chi connectivity index (χ1) is 9.50. The van der Waals surface area contributed by atoms with Crippen LogP contribution in [0.25, 0.3) is 16.7 Å². The lowest BCUT2D eigenvalue weighted by Crippen LogP contribution is -2.23. The van der Waals surface area contributed by atoms with Gasteiger partial charge in [-0.05, 0) is 31.3 Å². The Balaban J connectivity index is 2.52. The zero-order chi connectivity index (χ0) is 14.4. The molecule has 0 fully saturated rings. The third kappa shape index (κ3) is 1.68. The lowest BCUT2D eigenvalue weighted by Gasteiger charge is -2.10. The van der Waals surface area contributed by atoms with E-state index in [9.17, 15) is 8.78 Å². The van der Waals surface area contributed by atoms with Crippen LogP contribution in [0.4, 0.5) is 8.78 Å². The molecule has 0 spiro atoms. The van der Waals surface area contributed by atoms with Crippen LogP contribution in [0.2, 0.25) is 0 Å². The van der Waals surface area contributed by atoms with Gasteiger partial charge in [0.05, 0.1) is 11.1 Å². The molecule has 0 atom stereocenters. The molecule has 3 rings (SSSR count). The van der Waals surface area contributed by atoms with E-state index in [1.807, 2.05) is 0 Å². The third-order valence-electron chi connectivity index (χ3n) is 3.00. The summed E-state index contributed by atoms with van der Waals surface area (Å²) < 4.78 is 28.8. The van der Waals surface area contributed by atoms with Crippen molar-refractivity contribution >= 4 is 23.3 Å². The first-order valence-corrected chi connectivity index (χ1v) is 6.10. The second-order valence-corrected chi connectivity index (χ2v) is 4.63. The Labute approximate surface area is 116 Å². The number of benzene rings is 1. The molecule has 0 saturated carbocycles. The van der Waals surface area contributed by atoms with Crippen molar-refractivity contribution in [1.29, 1.82) is 5.41 Å². The second kappa shape index (κ2) is 4.34. The molecule has 0 aliphatic rings. The Hall–Kier alpha value is -2.35. The van der Waals surface area contributed by atoms with E-state index < -0.39 is 11.6 Å². The van der Waals surface area contributed by atoms with Gasteiger partial charge in [0.25, 0.3) is 0 Å². The van der Waals surface area contributed by atoms with Gasteiger partial charge in [0, 0.05) is 0 Å². The topological polar surface area (TPSA) is 73.2 Å². The molecule has 0 unspecified atom stereocenters. The van der Waals surface area contributed by atoms with Gasteiger partial charge in [-0.1, -0.05) is 6.07 Å². The number of nitrogens with one attached hydrogen (secondary N) is 3. The van der Waals surface area contributed by atoms with Crippen LogP contribution in [0.1, 0.15) is 5.69 Å². The highest BCUT2D eigenvalue weighted by atomic mass is 32.1. The number of hydrogen-bond donors (Lipinski definition) is 3. The predicted molar refractivity (Wildman–Crippen MR) is 71.1 cm³/mol. The molecule has 1 aromatic carbocycles. The maximum absolute atomic E-state index is 13.9. The van der Waals surface area contributed by atoms with Gasteiger partial charge in [0.1, 0.15) is 28.5 Å². The van der Waals surface area contributed by atoms with Crippen molar-refractivity contribution in [3.05, 3.63) is 45.8 Å². The highest BCUT2D eigenvalue weighted by molar-refractivity contribution is 7.71. The monoisotopic (exact) mass is 293 g/mol. The van der Waals surface area contributed by atoms with Crippen LogP contribution in [-0.2, 0) is 0 Å². The minimum Gasteiger partial charge on any atom is -0.316 e. The van der Waals surface area contributed by atoms with E-state index in [-0.39, 0.29) is 15.9 Å². The summed E-state index contributed by atoms with van der Waals surface area (Å²) >= 11 is 5.08. The zero-order valence-corrected chi connectivity index (χ0v) is 11.1. The average molecular weight is 293 g/mol. The van der Waals surface area contributed by atoms with Gasteiger partial charge < -0.3 is 4.98 Å². The maximum atomic E-state index is 13.9. The standard InChI is InChI=1S/C12H9F2N5S/c1-5-8-10(15)19(12(20)16-11(8)18-17-5)9-6(13)3-2-4-7(9)14/h2-4,15H,1H3,(H2,16,17,18,20). The Bertz CT molecular complexity index is 917. The minimum absolute atomic E-state index is 0.00940. The van der Waals surface area contributed by atoms with Gasteiger partial charge in [0.2, 0.25) is 0 Å². The Morgan fingerprint density at radius 3 is 2.60 bits per heavy atom. The summed E-state index contributed by atoms with van der Waals surface area (Å²) in [5, 5.41) is 15.2. The fourth-order valence-corrected chi connectivity index (χ4v) is 2.39. The molecule has 5 nitrogen and oxygen atoms in total. The molecule has 102 valence electrons. The molecule has 2 heterocycles. The molecular formula is C12H9F2N5S. The van der Waals surface area contributed by atoms with Crippen molar-refractivity contribution in [2.45, 2.75) is 6.92 Å². The van der Waals surface area contributed by atoms with Crippen molar-refractivity contribution in [3.8, 4) is 5.69 Å². The number of hydrogen-bond acceptors (Lipinski definition) is 3. The summed E-state index contributed by atoms with van der Waals surface area (Å²) in [7, 11) is 0. The summed E-state index contributed by atoms with van der Waals surface area (Å²) in [5.41, 5.74) is 0.493. The number of aryl methyl sites for hydroxylation is 1. The quantitative estimate of drug-likeness (QED) is 0.603. The van der Waals surface area contributed by atoms with Crippen LogP contribution in [0, 0.1) is 28.7 Å². The molecule has 0 saturated heterocycles. The van der Waals surface area contributed by atoms with Crippen molar-refractivity contribution in [2.24, 2.45) is 0 Å². The highest BCUT2D eigenvalue weighted by Gasteiger charge is 2.15. The van der Waals surface area contributed by atoms with Gasteiger partial charge in [-0.15, -0.1) is 0 Å². The molecular weight excluding hydrogens is 284 g/mol. The van der Waals surface area contributed by atoms with Gasteiger partial charge in [-0.3, -0.25) is 15.1 Å². The van der Waals surface area contributed by atoms with Crippen LogP contribution in [-0.4, -0.2) is 19.7 Å². The SMILES string of the molecule is Cc1n[nH]c2[nH]c(=S)n(-c3c(F)cccc3F)c(=N)c12. The van der Waals surface area contributed by atoms with Gasteiger partial charge in [-0.2, -0.15) is 5.10 Å². The number of halogens is 2. The molecule has 0 radical (unpaired) electrons. The fourth-order valence-electron chi connectivity index (χ4n) is 2.10. The molecule has 3 N–H and O–H groups in total. The minimum atomic E-state index is -0.788. The van der Waals surface area contributed by atoms with Crippen molar-refractivity contribution in [3.63, 3.8) is 0 Å². The highest BCUT2D eigenvalue weighted by Crippen LogP contribution is 2.17. The first-order valence-electron chi connectivity index (χ1n) is 5.69. The molecule has 0 aliphatic heterocycles. The molecule has 2 aromatic heterocycles. The molecule has 0 aliphatic carbocycles. The average Bonchev–Trinajstić information content (AvgIpc) is 2.74. The van der Waals surface area contributed by atoms with Crippen LogP contribution < -0.4 is 5.49 Å². The smallest absolute Gasteiger partial charge is 0.185 e. The summed E-state index contributed by atoms with van der Waals surface area (Å²) in [6.07, 6.45) is 0. The Morgan fingerprint density at radius 2 is 1.95 bits per heavy atom. The fraction of sp³-hybridized carbons (Fsp3) is 0.0833. The summed E-state index contributed by atoms with van der Waals surface area (Å²) in [5.74, 6) is -1.58. The van der Waals surface area contributed by atoms with Crippen LogP contribution in [0.3, 0.4) is 0 Å². The van der Waals surface area contributed by atoms with E-state index in [1.165, 1.54) is 6.07 Å². The Morgan fingerprint density at radius 1 is 1.30 bits per heavy atom. The third-order valence-corrected chi connectivity index (χ3v) is 3.29. The normalized spacial score (nSPS) is 11.2. The summed E-state index contributed by atoms with van der Waals surface area (Å²) in [6, 6.07) is 3.49. The molecule has 0 bridgehead atoms. The van der Waals surface area contributed by atoms with Crippen molar-refractivity contribution in [1.82, 2.24) is 19.7 Å². The predicted octanol–water partition coefficient (Wildman–Crippen LogP) is 2.48. The number of para-hydroxylation sites is 1. The van der Waals surface area contributed by atoms with E-state index in [4.69, 9.17) is 17.6 Å². The van der Waals surface area contributed by atoms with Crippen molar-refractivity contribution in [2.75, 3.05) is 0 Å². The van der Waals surface area contributed by atoms with E-state index in [1.54, 1.807) is 6.92 Å². The summed E-state index contributed by atoms with van der Waals surface area (Å²) in [4.78, 5) is 2.78. The van der Waals surface area contributed by atoms with Crippen LogP contribution in [0.5, 0.6) is 0 Å². The largest absolute Gasteiger partial charge is 0.316 e.